The number of nitrogens with zero attached hydrogens (tertiary/aromatic N) is 1. The third-order valence-electron chi connectivity index (χ3n) is 4.87. The zero-order chi connectivity index (χ0) is 21.0. The summed E-state index contributed by atoms with van der Waals surface area (Å²) < 4.78 is 33.4. The second-order valence-corrected chi connectivity index (χ2v) is 9.49. The summed E-state index contributed by atoms with van der Waals surface area (Å²) in [7, 11) is -3.94. The summed E-state index contributed by atoms with van der Waals surface area (Å²) in [5.74, 6) is -0.384. The molecule has 0 unspecified atom stereocenters. The van der Waals surface area contributed by atoms with Crippen molar-refractivity contribution in [1.29, 1.82) is 0 Å². The number of carbonyl (C=O) groups excluding carboxylic acids is 1. The van der Waals surface area contributed by atoms with Gasteiger partial charge in [-0.25, -0.2) is 8.42 Å². The number of sulfonamides is 1. The van der Waals surface area contributed by atoms with E-state index in [1.165, 1.54) is 0 Å². The van der Waals surface area contributed by atoms with Crippen molar-refractivity contribution >= 4 is 33.2 Å². The minimum atomic E-state index is -3.94. The molecule has 156 valence electrons. The van der Waals surface area contributed by atoms with Crippen molar-refractivity contribution in [1.82, 2.24) is 5.32 Å². The van der Waals surface area contributed by atoms with Gasteiger partial charge in [-0.2, -0.15) is 0 Å². The molecule has 1 atom stereocenters. The highest BCUT2D eigenvalue weighted by Crippen LogP contribution is 2.29. The monoisotopic (exact) mass is 436 g/mol. The third kappa shape index (κ3) is 5.29. The van der Waals surface area contributed by atoms with Gasteiger partial charge >= 0.3 is 0 Å². The van der Waals surface area contributed by atoms with E-state index >= 15 is 0 Å². The lowest BCUT2D eigenvalue weighted by Gasteiger charge is -2.26. The number of ether oxygens (including phenoxy) is 1. The zero-order valence-electron chi connectivity index (χ0n) is 16.5. The molecule has 6 nitrogen and oxygen atoms in total. The minimum absolute atomic E-state index is 0.0154. The Balaban J connectivity index is 1.88. The van der Waals surface area contributed by atoms with Crippen molar-refractivity contribution in [2.24, 2.45) is 0 Å². The predicted molar refractivity (Wildman–Crippen MR) is 114 cm³/mol. The largest absolute Gasteiger partial charge is 0.376 e. The van der Waals surface area contributed by atoms with Gasteiger partial charge in [-0.15, -0.1) is 0 Å². The lowest BCUT2D eigenvalue weighted by molar-refractivity contribution is -0.120. The van der Waals surface area contributed by atoms with Gasteiger partial charge in [0, 0.05) is 18.2 Å². The van der Waals surface area contributed by atoms with Gasteiger partial charge in [0.1, 0.15) is 6.54 Å². The summed E-state index contributed by atoms with van der Waals surface area (Å²) in [6.45, 7) is 4.39. The second kappa shape index (κ2) is 9.15. The quantitative estimate of drug-likeness (QED) is 0.721. The summed E-state index contributed by atoms with van der Waals surface area (Å²) in [6, 6.07) is 11.5. The van der Waals surface area contributed by atoms with Crippen molar-refractivity contribution in [3.05, 3.63) is 58.6 Å². The van der Waals surface area contributed by atoms with Crippen LogP contribution >= 0.6 is 11.6 Å². The molecule has 0 bridgehead atoms. The topological polar surface area (TPSA) is 75.7 Å². The number of hydrogen-bond acceptors (Lipinski definition) is 4. The predicted octanol–water partition coefficient (Wildman–Crippen LogP) is 3.45. The molecule has 29 heavy (non-hydrogen) atoms. The first-order chi connectivity index (χ1) is 13.8. The number of carbonyl (C=O) groups is 1. The number of nitrogens with one attached hydrogen (secondary N) is 1. The van der Waals surface area contributed by atoms with Crippen LogP contribution in [0.4, 0.5) is 5.69 Å². The highest BCUT2D eigenvalue weighted by molar-refractivity contribution is 7.92. The Morgan fingerprint density at radius 3 is 2.55 bits per heavy atom. The average molecular weight is 437 g/mol. The van der Waals surface area contributed by atoms with Crippen molar-refractivity contribution < 1.29 is 17.9 Å². The highest BCUT2D eigenvalue weighted by atomic mass is 35.5. The van der Waals surface area contributed by atoms with Crippen LogP contribution in [0.3, 0.4) is 0 Å². The molecule has 1 saturated heterocycles. The molecular weight excluding hydrogens is 412 g/mol. The second-order valence-electron chi connectivity index (χ2n) is 7.19. The van der Waals surface area contributed by atoms with Gasteiger partial charge in [-0.05, 0) is 62.6 Å². The molecule has 8 heteroatoms. The molecule has 0 aromatic heterocycles. The van der Waals surface area contributed by atoms with Crippen molar-refractivity contribution in [2.75, 3.05) is 24.0 Å². The Kier molecular flexibility index (Phi) is 6.82. The zero-order valence-corrected chi connectivity index (χ0v) is 18.1. The Morgan fingerprint density at radius 2 is 1.93 bits per heavy atom. The molecular formula is C21H25ClN2O4S. The van der Waals surface area contributed by atoms with E-state index in [4.69, 9.17) is 16.3 Å². The summed E-state index contributed by atoms with van der Waals surface area (Å²) in [4.78, 5) is 12.7. The Hall–Kier alpha value is -2.09. The molecule has 1 N–H and O–H groups in total. The minimum Gasteiger partial charge on any atom is -0.376 e. The first-order valence-electron chi connectivity index (χ1n) is 9.51. The van der Waals surface area contributed by atoms with Gasteiger partial charge < -0.3 is 10.1 Å². The van der Waals surface area contributed by atoms with Crippen molar-refractivity contribution in [2.45, 2.75) is 37.7 Å². The van der Waals surface area contributed by atoms with Crippen molar-refractivity contribution in [3.63, 3.8) is 0 Å². The van der Waals surface area contributed by atoms with Gasteiger partial charge in [-0.1, -0.05) is 29.3 Å². The fraction of sp³-hybridized carbons (Fsp3) is 0.381. The summed E-state index contributed by atoms with van der Waals surface area (Å²) in [5.41, 5.74) is 2.04. The number of halogens is 1. The van der Waals surface area contributed by atoms with Gasteiger partial charge in [-0.3, -0.25) is 9.10 Å². The van der Waals surface area contributed by atoms with Crippen molar-refractivity contribution in [3.8, 4) is 0 Å². The van der Waals surface area contributed by atoms with E-state index in [2.05, 4.69) is 5.32 Å². The van der Waals surface area contributed by atoms with Crippen LogP contribution in [0.15, 0.2) is 47.4 Å². The van der Waals surface area contributed by atoms with Crippen LogP contribution in [0.1, 0.15) is 24.0 Å². The summed E-state index contributed by atoms with van der Waals surface area (Å²) in [5, 5.41) is 3.29. The Labute approximate surface area is 176 Å². The number of amides is 1. The lowest BCUT2D eigenvalue weighted by atomic mass is 10.2. The number of anilines is 1. The van der Waals surface area contributed by atoms with E-state index in [9.17, 15) is 13.2 Å². The number of aryl methyl sites for hydroxylation is 2. The highest BCUT2D eigenvalue weighted by Gasteiger charge is 2.28. The maximum absolute atomic E-state index is 13.4. The first-order valence-corrected chi connectivity index (χ1v) is 11.3. The van der Waals surface area contributed by atoms with E-state index in [1.54, 1.807) is 49.4 Å². The summed E-state index contributed by atoms with van der Waals surface area (Å²) in [6.07, 6.45) is 1.85. The standard InChI is InChI=1S/C21H25ClN2O4S/c1-15-5-8-19(9-6-15)29(26,27)24(20-10-7-17(22)12-16(20)2)14-21(25)23-13-18-4-3-11-28-18/h5-10,12,18H,3-4,11,13-14H2,1-2H3,(H,23,25)/t18-/m1/s1. The van der Waals surface area contributed by atoms with Crippen LogP contribution in [0, 0.1) is 13.8 Å². The molecule has 1 heterocycles. The molecule has 2 aromatic carbocycles. The SMILES string of the molecule is Cc1ccc(S(=O)(=O)N(CC(=O)NC[C@H]2CCCO2)c2ccc(Cl)cc2C)cc1. The molecule has 0 aliphatic carbocycles. The van der Waals surface area contributed by atoms with E-state index in [-0.39, 0.29) is 23.5 Å². The maximum atomic E-state index is 13.4. The summed E-state index contributed by atoms with van der Waals surface area (Å²) >= 11 is 6.04. The van der Waals surface area contributed by atoms with Crippen LogP contribution < -0.4 is 9.62 Å². The fourth-order valence-electron chi connectivity index (χ4n) is 3.26. The molecule has 2 aromatic rings. The first kappa shape index (κ1) is 21.6. The Morgan fingerprint density at radius 1 is 1.21 bits per heavy atom. The third-order valence-corrected chi connectivity index (χ3v) is 6.88. The fourth-order valence-corrected chi connectivity index (χ4v) is 4.97. The van der Waals surface area contributed by atoms with Gasteiger partial charge in [0.15, 0.2) is 0 Å². The molecule has 0 spiro atoms. The van der Waals surface area contributed by atoms with E-state index in [0.29, 0.717) is 29.4 Å². The smallest absolute Gasteiger partial charge is 0.264 e. The lowest BCUT2D eigenvalue weighted by Crippen LogP contribution is -2.43. The average Bonchev–Trinajstić information content (AvgIpc) is 3.19. The Bertz CT molecular complexity index is 971. The van der Waals surface area contributed by atoms with Gasteiger partial charge in [0.25, 0.3) is 10.0 Å². The normalized spacial score (nSPS) is 16.6. The van der Waals surface area contributed by atoms with Crippen LogP contribution in [0.2, 0.25) is 5.02 Å². The number of benzene rings is 2. The molecule has 1 fully saturated rings. The van der Waals surface area contributed by atoms with Crippen LogP contribution in [0.25, 0.3) is 0 Å². The molecule has 0 saturated carbocycles. The molecule has 1 aliphatic heterocycles. The molecule has 1 amide bonds. The van der Waals surface area contributed by atoms with E-state index < -0.39 is 10.0 Å². The number of rotatable bonds is 7. The van der Waals surface area contributed by atoms with Crippen LogP contribution in [-0.4, -0.2) is 40.1 Å². The van der Waals surface area contributed by atoms with Crippen LogP contribution in [0.5, 0.6) is 0 Å². The maximum Gasteiger partial charge on any atom is 0.264 e. The number of hydrogen-bond donors (Lipinski definition) is 1. The molecule has 3 rings (SSSR count). The van der Waals surface area contributed by atoms with Crippen LogP contribution in [-0.2, 0) is 19.6 Å². The molecule has 1 aliphatic rings. The van der Waals surface area contributed by atoms with Gasteiger partial charge in [0.2, 0.25) is 5.91 Å². The van der Waals surface area contributed by atoms with E-state index in [0.717, 1.165) is 22.7 Å². The van der Waals surface area contributed by atoms with Gasteiger partial charge in [0.05, 0.1) is 16.7 Å². The molecule has 0 radical (unpaired) electrons. The van der Waals surface area contributed by atoms with E-state index in [1.807, 2.05) is 6.92 Å².